The molecule has 0 unspecified atom stereocenters. The van der Waals surface area contributed by atoms with E-state index in [4.69, 9.17) is 4.42 Å². The van der Waals surface area contributed by atoms with Crippen molar-refractivity contribution in [2.24, 2.45) is 5.10 Å². The third-order valence-corrected chi connectivity index (χ3v) is 4.59. The van der Waals surface area contributed by atoms with Gasteiger partial charge in [-0.1, -0.05) is 30.0 Å². The van der Waals surface area contributed by atoms with E-state index in [1.807, 2.05) is 24.3 Å². The third-order valence-electron chi connectivity index (χ3n) is 4.02. The lowest BCUT2D eigenvalue weighted by Crippen LogP contribution is -2.50. The van der Waals surface area contributed by atoms with E-state index in [0.29, 0.717) is 10.9 Å². The molecule has 25 heavy (non-hydrogen) atoms. The molecule has 0 fully saturated rings. The van der Waals surface area contributed by atoms with Crippen LogP contribution in [0.2, 0.25) is 0 Å². The van der Waals surface area contributed by atoms with E-state index >= 15 is 0 Å². The number of thioether (sulfide) groups is 1. The van der Waals surface area contributed by atoms with Gasteiger partial charge in [0.1, 0.15) is 4.92 Å². The van der Waals surface area contributed by atoms with E-state index in [2.05, 4.69) is 15.7 Å². The minimum atomic E-state index is -0.650. The molecule has 9 nitrogen and oxygen atoms in total. The highest BCUT2D eigenvalue weighted by Crippen LogP contribution is 2.43. The zero-order chi connectivity index (χ0) is 17.6. The average Bonchev–Trinajstić information content (AvgIpc) is 3.10. The fourth-order valence-electron chi connectivity index (χ4n) is 2.93. The summed E-state index contributed by atoms with van der Waals surface area (Å²) in [6.07, 6.45) is 1.17. The summed E-state index contributed by atoms with van der Waals surface area (Å²) in [6.45, 7) is 0. The molecule has 2 aliphatic heterocycles. The molecule has 4 rings (SSSR count). The maximum atomic E-state index is 12.6. The number of amidine groups is 1. The predicted octanol–water partition coefficient (Wildman–Crippen LogP) is 2.42. The van der Waals surface area contributed by atoms with E-state index in [0.717, 1.165) is 11.3 Å². The number of fused-ring (bicyclic) bond motifs is 3. The second-order valence-electron chi connectivity index (χ2n) is 5.45. The Bertz CT molecular complexity index is 896. The largest absolute Gasteiger partial charge is 0.433 e. The van der Waals surface area contributed by atoms with Crippen molar-refractivity contribution in [3.05, 3.63) is 57.8 Å². The van der Waals surface area contributed by atoms with Crippen LogP contribution in [0.5, 0.6) is 0 Å². The van der Waals surface area contributed by atoms with Gasteiger partial charge in [-0.2, -0.15) is 0 Å². The molecule has 128 valence electrons. The summed E-state index contributed by atoms with van der Waals surface area (Å²) in [5, 5.41) is 23.4. The van der Waals surface area contributed by atoms with Crippen molar-refractivity contribution in [2.45, 2.75) is 12.2 Å². The van der Waals surface area contributed by atoms with Gasteiger partial charge in [-0.05, 0) is 18.4 Å². The molecule has 0 radical (unpaired) electrons. The zero-order valence-electron chi connectivity index (χ0n) is 13.0. The van der Waals surface area contributed by atoms with Crippen LogP contribution in [0.4, 0.5) is 11.6 Å². The van der Waals surface area contributed by atoms with Crippen molar-refractivity contribution in [1.29, 1.82) is 0 Å². The Kier molecular flexibility index (Phi) is 3.61. The highest BCUT2D eigenvalue weighted by Gasteiger charge is 2.43. The Labute approximate surface area is 146 Å². The highest BCUT2D eigenvalue weighted by molar-refractivity contribution is 8.13. The molecule has 3 heterocycles. The van der Waals surface area contributed by atoms with Crippen LogP contribution in [0.25, 0.3) is 0 Å². The van der Waals surface area contributed by atoms with Crippen LogP contribution in [0, 0.1) is 10.1 Å². The van der Waals surface area contributed by atoms with Gasteiger partial charge in [0.2, 0.25) is 0 Å². The predicted molar refractivity (Wildman–Crippen MR) is 91.8 cm³/mol. The summed E-state index contributed by atoms with van der Waals surface area (Å²) in [4.78, 5) is 22.9. The summed E-state index contributed by atoms with van der Waals surface area (Å²) < 4.78 is 5.34. The minimum absolute atomic E-state index is 0.209. The second-order valence-corrected chi connectivity index (χ2v) is 6.24. The molecule has 1 aromatic heterocycles. The first kappa shape index (κ1) is 15.5. The zero-order valence-corrected chi connectivity index (χ0v) is 13.8. The summed E-state index contributed by atoms with van der Waals surface area (Å²) >= 11 is 1.30. The number of carbonyl (C=O) groups excluding carboxylic acids is 1. The number of furan rings is 1. The van der Waals surface area contributed by atoms with E-state index in [-0.39, 0.29) is 11.8 Å². The lowest BCUT2D eigenvalue weighted by Gasteiger charge is -2.42. The molecule has 1 amide bonds. The standard InChI is InChI=1S/C15H13N5O4S/c1-25-15-17-14(21)12-8-4-2-3-5-9(8)16-13(19(12)18-15)10-6-7-11(24-10)20(22)23/h2-7,12-13,16H,1H3,(H,17,18,21)/t12-,13+/m1/s1. The third kappa shape index (κ3) is 2.50. The summed E-state index contributed by atoms with van der Waals surface area (Å²) in [5.41, 5.74) is 1.53. The number of benzene rings is 1. The SMILES string of the molecule is CSC1=NN2[C@@H](c3ccc([N+](=O)[O-])o3)Nc3ccccc3[C@@H]2C(=O)N1. The number of para-hydroxylation sites is 1. The molecule has 0 saturated heterocycles. The Morgan fingerprint density at radius 2 is 2.12 bits per heavy atom. The molecule has 0 aliphatic carbocycles. The van der Waals surface area contributed by atoms with Gasteiger partial charge < -0.3 is 15.1 Å². The molecule has 1 aromatic carbocycles. The maximum absolute atomic E-state index is 12.6. The van der Waals surface area contributed by atoms with Gasteiger partial charge in [-0.3, -0.25) is 14.9 Å². The molecule has 2 N–H and O–H groups in total. The number of rotatable bonds is 2. The van der Waals surface area contributed by atoms with Crippen LogP contribution in [-0.4, -0.2) is 27.3 Å². The van der Waals surface area contributed by atoms with Crippen molar-refractivity contribution in [3.8, 4) is 0 Å². The number of hydrogen-bond acceptors (Lipinski definition) is 8. The van der Waals surface area contributed by atoms with Crippen LogP contribution < -0.4 is 10.6 Å². The number of nitrogens with zero attached hydrogens (tertiary/aromatic N) is 3. The smallest absolute Gasteiger partial charge is 0.401 e. The van der Waals surface area contributed by atoms with Crippen LogP contribution in [0.1, 0.15) is 23.5 Å². The van der Waals surface area contributed by atoms with Gasteiger partial charge in [-0.25, -0.2) is 5.01 Å². The van der Waals surface area contributed by atoms with Gasteiger partial charge in [0, 0.05) is 11.3 Å². The fraction of sp³-hybridized carbons (Fsp3) is 0.200. The summed E-state index contributed by atoms with van der Waals surface area (Å²) in [6, 6.07) is 9.54. The first-order chi connectivity index (χ1) is 12.1. The van der Waals surface area contributed by atoms with Gasteiger partial charge in [0.25, 0.3) is 5.91 Å². The number of hydrogen-bond donors (Lipinski definition) is 2. The average molecular weight is 359 g/mol. The van der Waals surface area contributed by atoms with E-state index < -0.39 is 17.1 Å². The molecule has 0 bridgehead atoms. The quantitative estimate of drug-likeness (QED) is 0.625. The number of nitro groups is 1. The van der Waals surface area contributed by atoms with Crippen molar-refractivity contribution in [3.63, 3.8) is 0 Å². The van der Waals surface area contributed by atoms with Crippen LogP contribution in [0.3, 0.4) is 0 Å². The Morgan fingerprint density at radius 1 is 1.32 bits per heavy atom. The van der Waals surface area contributed by atoms with Crippen molar-refractivity contribution in [2.75, 3.05) is 11.6 Å². The van der Waals surface area contributed by atoms with Crippen LogP contribution in [-0.2, 0) is 4.79 Å². The molecular weight excluding hydrogens is 346 g/mol. The van der Waals surface area contributed by atoms with Gasteiger partial charge in [0.15, 0.2) is 23.1 Å². The molecule has 2 aromatic rings. The summed E-state index contributed by atoms with van der Waals surface area (Å²) in [5.74, 6) is -0.257. The molecule has 0 saturated carbocycles. The van der Waals surface area contributed by atoms with E-state index in [1.165, 1.54) is 23.9 Å². The van der Waals surface area contributed by atoms with E-state index in [9.17, 15) is 14.9 Å². The number of carbonyl (C=O) groups is 1. The second kappa shape index (κ2) is 5.81. The highest BCUT2D eigenvalue weighted by atomic mass is 32.2. The lowest BCUT2D eigenvalue weighted by atomic mass is 9.99. The molecule has 0 spiro atoms. The summed E-state index contributed by atoms with van der Waals surface area (Å²) in [7, 11) is 0. The Hall–Kier alpha value is -3.01. The number of hydrazone groups is 1. The topological polar surface area (TPSA) is 113 Å². The lowest BCUT2D eigenvalue weighted by molar-refractivity contribution is -0.402. The van der Waals surface area contributed by atoms with Crippen molar-refractivity contribution >= 4 is 34.4 Å². The van der Waals surface area contributed by atoms with Crippen LogP contribution in [0.15, 0.2) is 45.9 Å². The number of amides is 1. The van der Waals surface area contributed by atoms with E-state index in [1.54, 1.807) is 11.3 Å². The monoisotopic (exact) mass is 359 g/mol. The molecule has 2 atom stereocenters. The normalized spacial score (nSPS) is 21.6. The maximum Gasteiger partial charge on any atom is 0.433 e. The van der Waals surface area contributed by atoms with Crippen molar-refractivity contribution < 1.29 is 14.1 Å². The first-order valence-corrected chi connectivity index (χ1v) is 8.62. The Balaban J connectivity index is 1.83. The molecule has 2 aliphatic rings. The van der Waals surface area contributed by atoms with Gasteiger partial charge in [-0.15, -0.1) is 5.10 Å². The van der Waals surface area contributed by atoms with Crippen LogP contribution >= 0.6 is 11.8 Å². The van der Waals surface area contributed by atoms with Gasteiger partial charge in [0.05, 0.1) is 6.07 Å². The Morgan fingerprint density at radius 3 is 2.84 bits per heavy atom. The fourth-order valence-corrected chi connectivity index (χ4v) is 3.31. The number of nitrogens with one attached hydrogen (secondary N) is 2. The molecule has 10 heteroatoms. The van der Waals surface area contributed by atoms with Gasteiger partial charge >= 0.3 is 5.88 Å². The first-order valence-electron chi connectivity index (χ1n) is 7.40. The molecular formula is C15H13N5O4S. The minimum Gasteiger partial charge on any atom is -0.401 e. The number of anilines is 1. The van der Waals surface area contributed by atoms with Crippen molar-refractivity contribution in [1.82, 2.24) is 10.3 Å².